The Hall–Kier alpha value is -2.80. The van der Waals surface area contributed by atoms with Crippen LogP contribution in [0.1, 0.15) is 29.7 Å². The van der Waals surface area contributed by atoms with Gasteiger partial charge >= 0.3 is 0 Å². The first-order valence-electron chi connectivity index (χ1n) is 9.40. The molecule has 1 N–H and O–H groups in total. The van der Waals surface area contributed by atoms with Gasteiger partial charge in [-0.3, -0.25) is 19.3 Å². The Kier molecular flexibility index (Phi) is 5.34. The van der Waals surface area contributed by atoms with Crippen molar-refractivity contribution in [3.63, 3.8) is 0 Å². The lowest BCUT2D eigenvalue weighted by atomic mass is 9.85. The highest BCUT2D eigenvalue weighted by Gasteiger charge is 2.46. The van der Waals surface area contributed by atoms with Gasteiger partial charge in [-0.25, -0.2) is 4.98 Å². The van der Waals surface area contributed by atoms with E-state index in [0.717, 1.165) is 11.3 Å². The second-order valence-corrected chi connectivity index (χ2v) is 8.19. The molecule has 2 atom stereocenters. The standard InChI is InChI=1S/C21H21N3O3S/c25-18(10-11-24-19(26)16-8-4-5-9-17(16)20(24)27)23-21-22-13-15(28-21)12-14-6-2-1-3-7-14/h1-7,13,16-17H,8-12H2,(H,22,23,25)/t16-,17-/m1/s1. The Balaban J connectivity index is 1.29. The predicted octanol–water partition coefficient (Wildman–Crippen LogP) is 3.01. The van der Waals surface area contributed by atoms with E-state index >= 15 is 0 Å². The van der Waals surface area contributed by atoms with Gasteiger partial charge in [0.1, 0.15) is 0 Å². The van der Waals surface area contributed by atoms with E-state index < -0.39 is 0 Å². The number of thiazole rings is 1. The Morgan fingerprint density at radius 3 is 2.46 bits per heavy atom. The van der Waals surface area contributed by atoms with Gasteiger partial charge in [0.25, 0.3) is 0 Å². The summed E-state index contributed by atoms with van der Waals surface area (Å²) in [5, 5.41) is 3.31. The maximum absolute atomic E-state index is 12.4. The maximum Gasteiger partial charge on any atom is 0.233 e. The third-order valence-electron chi connectivity index (χ3n) is 5.18. The van der Waals surface area contributed by atoms with Crippen LogP contribution in [0.4, 0.5) is 5.13 Å². The zero-order chi connectivity index (χ0) is 19.5. The highest BCUT2D eigenvalue weighted by Crippen LogP contribution is 2.35. The number of aromatic nitrogens is 1. The molecule has 2 aromatic rings. The molecule has 3 amide bonds. The number of amides is 3. The first-order chi connectivity index (χ1) is 13.6. The summed E-state index contributed by atoms with van der Waals surface area (Å²) >= 11 is 1.43. The number of benzene rings is 1. The third-order valence-corrected chi connectivity index (χ3v) is 6.10. The van der Waals surface area contributed by atoms with E-state index in [4.69, 9.17) is 0 Å². The average molecular weight is 395 g/mol. The van der Waals surface area contributed by atoms with Crippen LogP contribution < -0.4 is 5.32 Å². The van der Waals surface area contributed by atoms with E-state index in [0.29, 0.717) is 18.0 Å². The summed E-state index contributed by atoms with van der Waals surface area (Å²) in [4.78, 5) is 43.7. The number of fused-ring (bicyclic) bond motifs is 1. The van der Waals surface area contributed by atoms with Gasteiger partial charge in [0.05, 0.1) is 11.8 Å². The molecule has 28 heavy (non-hydrogen) atoms. The molecule has 0 bridgehead atoms. The first-order valence-corrected chi connectivity index (χ1v) is 10.2. The predicted molar refractivity (Wildman–Crippen MR) is 107 cm³/mol. The molecule has 2 aliphatic rings. The summed E-state index contributed by atoms with van der Waals surface area (Å²) in [7, 11) is 0. The lowest BCUT2D eigenvalue weighted by molar-refractivity contribution is -0.140. The lowest BCUT2D eigenvalue weighted by Crippen LogP contribution is -2.34. The molecule has 1 aliphatic carbocycles. The molecule has 0 spiro atoms. The minimum absolute atomic E-state index is 0.0813. The van der Waals surface area contributed by atoms with E-state index in [1.165, 1.54) is 21.8 Å². The molecule has 0 unspecified atom stereocenters. The number of hydrogen-bond donors (Lipinski definition) is 1. The fraction of sp³-hybridized carbons (Fsp3) is 0.333. The summed E-state index contributed by atoms with van der Waals surface area (Å²) in [6.07, 6.45) is 7.75. The van der Waals surface area contributed by atoms with Gasteiger partial charge in [-0.2, -0.15) is 0 Å². The largest absolute Gasteiger partial charge is 0.302 e. The van der Waals surface area contributed by atoms with Crippen LogP contribution >= 0.6 is 11.3 Å². The van der Waals surface area contributed by atoms with Crippen molar-refractivity contribution in [2.24, 2.45) is 11.8 Å². The van der Waals surface area contributed by atoms with Crippen LogP contribution in [0.5, 0.6) is 0 Å². The Morgan fingerprint density at radius 1 is 1.11 bits per heavy atom. The van der Waals surface area contributed by atoms with Crippen molar-refractivity contribution < 1.29 is 14.4 Å². The van der Waals surface area contributed by atoms with Gasteiger partial charge in [0.2, 0.25) is 17.7 Å². The second-order valence-electron chi connectivity index (χ2n) is 7.08. The summed E-state index contributed by atoms with van der Waals surface area (Å²) in [5.41, 5.74) is 1.19. The minimum Gasteiger partial charge on any atom is -0.302 e. The summed E-state index contributed by atoms with van der Waals surface area (Å²) in [6, 6.07) is 10.1. The fourth-order valence-electron chi connectivity index (χ4n) is 3.73. The molecule has 2 heterocycles. The average Bonchev–Trinajstić information content (AvgIpc) is 3.24. The molecule has 1 aromatic heterocycles. The molecule has 0 saturated carbocycles. The topological polar surface area (TPSA) is 79.4 Å². The van der Waals surface area contributed by atoms with Crippen molar-refractivity contribution in [2.75, 3.05) is 11.9 Å². The van der Waals surface area contributed by atoms with Crippen molar-refractivity contribution in [1.29, 1.82) is 0 Å². The number of nitrogens with zero attached hydrogens (tertiary/aromatic N) is 2. The van der Waals surface area contributed by atoms with Crippen molar-refractivity contribution in [1.82, 2.24) is 9.88 Å². The molecule has 6 nitrogen and oxygen atoms in total. The summed E-state index contributed by atoms with van der Waals surface area (Å²) < 4.78 is 0. The van der Waals surface area contributed by atoms with Crippen molar-refractivity contribution in [3.05, 3.63) is 59.1 Å². The highest BCUT2D eigenvalue weighted by atomic mass is 32.1. The van der Waals surface area contributed by atoms with E-state index in [2.05, 4.69) is 22.4 Å². The van der Waals surface area contributed by atoms with Gasteiger partial charge < -0.3 is 5.32 Å². The normalized spacial score (nSPS) is 21.1. The highest BCUT2D eigenvalue weighted by molar-refractivity contribution is 7.15. The molecule has 1 saturated heterocycles. The Bertz CT molecular complexity index is 896. The van der Waals surface area contributed by atoms with Crippen LogP contribution in [0.2, 0.25) is 0 Å². The van der Waals surface area contributed by atoms with Crippen molar-refractivity contribution in [3.8, 4) is 0 Å². The SMILES string of the molecule is O=C(CCN1C(=O)[C@@H]2CC=CC[C@H]2C1=O)Nc1ncc(Cc2ccccc2)s1. The Labute approximate surface area is 167 Å². The smallest absolute Gasteiger partial charge is 0.233 e. The van der Waals surface area contributed by atoms with Crippen LogP contribution in [0.15, 0.2) is 48.7 Å². The number of likely N-dealkylation sites (tertiary alicyclic amines) is 1. The van der Waals surface area contributed by atoms with Crippen molar-refractivity contribution in [2.45, 2.75) is 25.7 Å². The van der Waals surface area contributed by atoms with Gasteiger partial charge in [0.15, 0.2) is 5.13 Å². The first kappa shape index (κ1) is 18.6. The van der Waals surface area contributed by atoms with Crippen LogP contribution in [0.25, 0.3) is 0 Å². The van der Waals surface area contributed by atoms with Gasteiger partial charge in [-0.15, -0.1) is 11.3 Å². The van der Waals surface area contributed by atoms with Crippen LogP contribution in [0, 0.1) is 11.8 Å². The number of carbonyl (C=O) groups excluding carboxylic acids is 3. The number of hydrogen-bond acceptors (Lipinski definition) is 5. The molecule has 4 rings (SSSR count). The number of allylic oxidation sites excluding steroid dienone is 2. The van der Waals surface area contributed by atoms with Gasteiger partial charge in [-0.05, 0) is 18.4 Å². The quantitative estimate of drug-likeness (QED) is 0.602. The van der Waals surface area contributed by atoms with Gasteiger partial charge in [-0.1, -0.05) is 42.5 Å². The zero-order valence-electron chi connectivity index (χ0n) is 15.3. The number of rotatable bonds is 6. The van der Waals surface area contributed by atoms with Crippen LogP contribution in [0.3, 0.4) is 0 Å². The van der Waals surface area contributed by atoms with Crippen LogP contribution in [-0.4, -0.2) is 34.2 Å². The number of carbonyl (C=O) groups is 3. The van der Waals surface area contributed by atoms with E-state index in [-0.39, 0.29) is 42.5 Å². The summed E-state index contributed by atoms with van der Waals surface area (Å²) in [6.45, 7) is 0.124. The van der Waals surface area contributed by atoms with Gasteiger partial charge in [0, 0.05) is 30.5 Å². The molecule has 0 radical (unpaired) electrons. The molecule has 7 heteroatoms. The Morgan fingerprint density at radius 2 is 1.79 bits per heavy atom. The second kappa shape index (κ2) is 8.06. The number of nitrogens with one attached hydrogen (secondary N) is 1. The molecule has 1 aromatic carbocycles. The van der Waals surface area contributed by atoms with E-state index in [1.807, 2.05) is 30.4 Å². The molecular formula is C21H21N3O3S. The van der Waals surface area contributed by atoms with E-state index in [1.54, 1.807) is 6.20 Å². The fourth-order valence-corrected chi connectivity index (χ4v) is 4.59. The van der Waals surface area contributed by atoms with Crippen molar-refractivity contribution >= 4 is 34.2 Å². The zero-order valence-corrected chi connectivity index (χ0v) is 16.2. The minimum atomic E-state index is -0.250. The molecule has 1 aliphatic heterocycles. The summed E-state index contributed by atoms with van der Waals surface area (Å²) in [5.74, 6) is -1.03. The molecule has 1 fully saturated rings. The lowest BCUT2D eigenvalue weighted by Gasteiger charge is -2.14. The number of anilines is 1. The molecular weight excluding hydrogens is 374 g/mol. The molecule has 144 valence electrons. The monoisotopic (exact) mass is 395 g/mol. The van der Waals surface area contributed by atoms with Crippen LogP contribution in [-0.2, 0) is 20.8 Å². The van der Waals surface area contributed by atoms with E-state index in [9.17, 15) is 14.4 Å². The number of imide groups is 1. The maximum atomic E-state index is 12.4. The third kappa shape index (κ3) is 3.89.